The van der Waals surface area contributed by atoms with Gasteiger partial charge in [0.1, 0.15) is 5.69 Å². The van der Waals surface area contributed by atoms with Crippen molar-refractivity contribution in [2.45, 2.75) is 25.5 Å². The van der Waals surface area contributed by atoms with Gasteiger partial charge in [-0.05, 0) is 13.3 Å². The van der Waals surface area contributed by atoms with Crippen LogP contribution < -0.4 is 10.5 Å². The highest BCUT2D eigenvalue weighted by Crippen LogP contribution is 2.31. The smallest absolute Gasteiger partial charge is 0.237 e. The lowest BCUT2D eigenvalue weighted by Gasteiger charge is -2.18. The van der Waals surface area contributed by atoms with E-state index in [1.807, 2.05) is 0 Å². The van der Waals surface area contributed by atoms with E-state index >= 15 is 0 Å². The molecule has 0 saturated carbocycles. The van der Waals surface area contributed by atoms with Crippen molar-refractivity contribution in [3.63, 3.8) is 0 Å². The second-order valence-corrected chi connectivity index (χ2v) is 4.12. The highest BCUT2D eigenvalue weighted by atomic mass is 16.5. The molecule has 1 aliphatic rings. The largest absolute Gasteiger partial charge is 0.480 e. The van der Waals surface area contributed by atoms with E-state index < -0.39 is 0 Å². The molecule has 1 fully saturated rings. The van der Waals surface area contributed by atoms with Gasteiger partial charge in [0.2, 0.25) is 5.88 Å². The van der Waals surface area contributed by atoms with Crippen LogP contribution in [0.4, 0.5) is 0 Å². The van der Waals surface area contributed by atoms with Gasteiger partial charge in [0.15, 0.2) is 0 Å². The predicted octanol–water partition coefficient (Wildman–Crippen LogP) is 0.910. The Hall–Kier alpha value is -1.20. The minimum absolute atomic E-state index is 0.173. The van der Waals surface area contributed by atoms with E-state index in [2.05, 4.69) is 16.9 Å². The first-order chi connectivity index (χ1) is 7.72. The van der Waals surface area contributed by atoms with Crippen molar-refractivity contribution in [1.82, 2.24) is 9.97 Å². The molecule has 5 nitrogen and oxygen atoms in total. The molecule has 0 aromatic carbocycles. The van der Waals surface area contributed by atoms with Crippen LogP contribution in [0.2, 0.25) is 0 Å². The van der Waals surface area contributed by atoms with Gasteiger partial charge < -0.3 is 15.2 Å². The van der Waals surface area contributed by atoms with Crippen LogP contribution in [0.5, 0.6) is 5.88 Å². The lowest BCUT2D eigenvalue weighted by Crippen LogP contribution is -2.23. The Labute approximate surface area is 95.0 Å². The third-order valence-corrected chi connectivity index (χ3v) is 2.94. The molecular formula is C11H17N3O2. The van der Waals surface area contributed by atoms with Gasteiger partial charge in [0.05, 0.1) is 25.9 Å². The summed E-state index contributed by atoms with van der Waals surface area (Å²) in [4.78, 5) is 8.35. The van der Waals surface area contributed by atoms with E-state index in [0.717, 1.165) is 6.42 Å². The average Bonchev–Trinajstić information content (AvgIpc) is 2.75. The molecule has 1 aromatic rings. The van der Waals surface area contributed by atoms with Crippen LogP contribution >= 0.6 is 0 Å². The van der Waals surface area contributed by atoms with Crippen LogP contribution in [-0.4, -0.2) is 29.8 Å². The summed E-state index contributed by atoms with van der Waals surface area (Å²) < 4.78 is 10.7. The summed E-state index contributed by atoms with van der Waals surface area (Å²) in [6.45, 7) is 2.74. The molecule has 0 aliphatic carbocycles. The summed E-state index contributed by atoms with van der Waals surface area (Å²) in [6.07, 6.45) is 4.47. The van der Waals surface area contributed by atoms with Crippen molar-refractivity contribution in [2.75, 3.05) is 13.7 Å². The number of ether oxygens (including phenoxy) is 2. The number of nitrogens with two attached hydrogens (primary N) is 1. The molecule has 2 heterocycles. The Morgan fingerprint density at radius 3 is 2.88 bits per heavy atom. The molecule has 1 aliphatic heterocycles. The number of aromatic nitrogens is 2. The Morgan fingerprint density at radius 2 is 2.25 bits per heavy atom. The van der Waals surface area contributed by atoms with Crippen LogP contribution in [0.3, 0.4) is 0 Å². The monoisotopic (exact) mass is 223 g/mol. The van der Waals surface area contributed by atoms with Gasteiger partial charge in [-0.3, -0.25) is 4.98 Å². The van der Waals surface area contributed by atoms with E-state index in [0.29, 0.717) is 24.1 Å². The van der Waals surface area contributed by atoms with Crippen molar-refractivity contribution < 1.29 is 9.47 Å². The van der Waals surface area contributed by atoms with E-state index in [1.54, 1.807) is 19.5 Å². The van der Waals surface area contributed by atoms with Crippen LogP contribution in [0, 0.1) is 5.92 Å². The Kier molecular flexibility index (Phi) is 3.36. The number of methoxy groups -OCH3 is 1. The van der Waals surface area contributed by atoms with Crippen molar-refractivity contribution in [1.29, 1.82) is 0 Å². The molecule has 2 N–H and O–H groups in total. The van der Waals surface area contributed by atoms with Gasteiger partial charge in [-0.15, -0.1) is 0 Å². The molecule has 1 aromatic heterocycles. The molecule has 1 saturated heterocycles. The molecule has 88 valence electrons. The average molecular weight is 223 g/mol. The van der Waals surface area contributed by atoms with Gasteiger partial charge >= 0.3 is 0 Å². The second-order valence-electron chi connectivity index (χ2n) is 4.12. The molecule has 5 heteroatoms. The van der Waals surface area contributed by atoms with Crippen molar-refractivity contribution in [3.05, 3.63) is 18.1 Å². The molecule has 0 spiro atoms. The minimum atomic E-state index is -0.173. The van der Waals surface area contributed by atoms with E-state index in [4.69, 9.17) is 15.2 Å². The number of nitrogens with zero attached hydrogens (tertiary/aromatic N) is 2. The zero-order valence-electron chi connectivity index (χ0n) is 9.59. The maximum Gasteiger partial charge on any atom is 0.237 e. The van der Waals surface area contributed by atoms with Gasteiger partial charge in [-0.25, -0.2) is 4.98 Å². The molecule has 3 unspecified atom stereocenters. The van der Waals surface area contributed by atoms with Crippen LogP contribution in [0.1, 0.15) is 25.1 Å². The third-order valence-electron chi connectivity index (χ3n) is 2.94. The summed E-state index contributed by atoms with van der Waals surface area (Å²) in [7, 11) is 1.58. The van der Waals surface area contributed by atoms with Crippen LogP contribution in [0.25, 0.3) is 0 Å². The second kappa shape index (κ2) is 4.76. The first-order valence-corrected chi connectivity index (χ1v) is 5.44. The van der Waals surface area contributed by atoms with E-state index in [1.165, 1.54) is 0 Å². The minimum Gasteiger partial charge on any atom is -0.480 e. The van der Waals surface area contributed by atoms with Crippen molar-refractivity contribution in [3.8, 4) is 5.88 Å². The first kappa shape index (κ1) is 11.3. The van der Waals surface area contributed by atoms with Crippen molar-refractivity contribution in [2.24, 2.45) is 11.7 Å². The third kappa shape index (κ3) is 2.15. The van der Waals surface area contributed by atoms with Crippen LogP contribution in [-0.2, 0) is 4.74 Å². The Bertz CT molecular complexity index is 359. The maximum atomic E-state index is 6.18. The van der Waals surface area contributed by atoms with Gasteiger partial charge in [-0.2, -0.15) is 0 Å². The number of rotatable bonds is 3. The molecule has 3 atom stereocenters. The lowest BCUT2D eigenvalue weighted by atomic mass is 9.95. The molecular weight excluding hydrogens is 206 g/mol. The maximum absolute atomic E-state index is 6.18. The Morgan fingerprint density at radius 1 is 1.50 bits per heavy atom. The highest BCUT2D eigenvalue weighted by Gasteiger charge is 2.30. The molecule has 16 heavy (non-hydrogen) atoms. The zero-order chi connectivity index (χ0) is 11.5. The topological polar surface area (TPSA) is 70.3 Å². The van der Waals surface area contributed by atoms with Gasteiger partial charge in [0.25, 0.3) is 0 Å². The molecule has 2 rings (SSSR count). The fourth-order valence-corrected chi connectivity index (χ4v) is 2.05. The summed E-state index contributed by atoms with van der Waals surface area (Å²) in [5.41, 5.74) is 6.89. The zero-order valence-corrected chi connectivity index (χ0v) is 9.59. The van der Waals surface area contributed by atoms with E-state index in [9.17, 15) is 0 Å². The van der Waals surface area contributed by atoms with E-state index in [-0.39, 0.29) is 12.1 Å². The fourth-order valence-electron chi connectivity index (χ4n) is 2.05. The molecule has 0 amide bonds. The summed E-state index contributed by atoms with van der Waals surface area (Å²) in [6, 6.07) is -0.173. The van der Waals surface area contributed by atoms with Gasteiger partial charge in [-0.1, -0.05) is 0 Å². The Balaban J connectivity index is 2.16. The predicted molar refractivity (Wildman–Crippen MR) is 59.0 cm³/mol. The lowest BCUT2D eigenvalue weighted by molar-refractivity contribution is 0.118. The normalized spacial score (nSPS) is 26.7. The quantitative estimate of drug-likeness (QED) is 0.824. The van der Waals surface area contributed by atoms with Gasteiger partial charge in [0, 0.05) is 18.3 Å². The summed E-state index contributed by atoms with van der Waals surface area (Å²) in [5.74, 6) is 0.801. The number of hydrogen-bond acceptors (Lipinski definition) is 5. The van der Waals surface area contributed by atoms with Crippen molar-refractivity contribution >= 4 is 0 Å². The first-order valence-electron chi connectivity index (χ1n) is 5.44. The standard InChI is InChI=1S/C11H17N3O2/c1-7-5-8(6-16-7)9(12)10-11(15-2)14-4-3-13-10/h3-4,7-9H,5-6,12H2,1-2H3. The highest BCUT2D eigenvalue weighted by molar-refractivity contribution is 5.21. The molecule has 0 bridgehead atoms. The fraction of sp³-hybridized carbons (Fsp3) is 0.636. The summed E-state index contributed by atoms with van der Waals surface area (Å²) in [5, 5.41) is 0. The SMILES string of the molecule is COc1nccnc1C(N)C1COC(C)C1. The van der Waals surface area contributed by atoms with Crippen LogP contribution in [0.15, 0.2) is 12.4 Å². The summed E-state index contributed by atoms with van der Waals surface area (Å²) >= 11 is 0. The molecule has 0 radical (unpaired) electrons. The number of hydrogen-bond donors (Lipinski definition) is 1.